The Morgan fingerprint density at radius 2 is 2.04 bits per heavy atom. The third-order valence-corrected chi connectivity index (χ3v) is 4.24. The van der Waals surface area contributed by atoms with E-state index >= 15 is 0 Å². The molecule has 2 amide bonds. The molecule has 1 fully saturated rings. The Morgan fingerprint density at radius 1 is 1.35 bits per heavy atom. The van der Waals surface area contributed by atoms with Crippen LogP contribution in [0.15, 0.2) is 18.2 Å². The zero-order valence-corrected chi connectivity index (χ0v) is 14.6. The Bertz CT molecular complexity index is 676. The van der Waals surface area contributed by atoms with Crippen molar-refractivity contribution >= 4 is 11.8 Å². The number of amides is 2. The number of halogens is 4. The van der Waals surface area contributed by atoms with Crippen LogP contribution in [0.25, 0.3) is 0 Å². The average molecular weight is 375 g/mol. The molecule has 0 aliphatic carbocycles. The first-order valence-electron chi connectivity index (χ1n) is 8.14. The predicted octanol–water partition coefficient (Wildman–Crippen LogP) is 1.87. The first kappa shape index (κ1) is 20.2. The van der Waals surface area contributed by atoms with Crippen LogP contribution in [0.2, 0.25) is 0 Å². The van der Waals surface area contributed by atoms with Crippen molar-refractivity contribution in [3.05, 3.63) is 35.1 Å². The van der Waals surface area contributed by atoms with Crippen LogP contribution in [0.3, 0.4) is 0 Å². The lowest BCUT2D eigenvalue weighted by molar-refractivity contribution is -0.140. The molecular weight excluding hydrogens is 354 g/mol. The first-order valence-corrected chi connectivity index (χ1v) is 8.14. The Labute approximate surface area is 148 Å². The minimum Gasteiger partial charge on any atom is -0.352 e. The minimum atomic E-state index is -4.80. The van der Waals surface area contributed by atoms with Gasteiger partial charge in [-0.15, -0.1) is 0 Å². The van der Waals surface area contributed by atoms with Gasteiger partial charge >= 0.3 is 6.18 Å². The minimum absolute atomic E-state index is 0.0460. The number of hydrogen-bond donors (Lipinski definition) is 1. The molecule has 5 nitrogen and oxygen atoms in total. The standard InChI is InChI=1S/C17H21F4N3O2/c1-23(2)6-7-24-10-12(8-14(24)25)16(26)22-9-11-4-3-5-13(15(11)18)17(19,20)21/h3-5,12H,6-10H2,1-2H3,(H,22,26). The van der Waals surface area contributed by atoms with Crippen molar-refractivity contribution in [3.63, 3.8) is 0 Å². The lowest BCUT2D eigenvalue weighted by atomic mass is 10.1. The van der Waals surface area contributed by atoms with Crippen LogP contribution >= 0.6 is 0 Å². The smallest absolute Gasteiger partial charge is 0.352 e. The Morgan fingerprint density at radius 3 is 2.65 bits per heavy atom. The molecule has 2 rings (SSSR count). The number of hydrogen-bond acceptors (Lipinski definition) is 3. The molecule has 1 heterocycles. The highest BCUT2D eigenvalue weighted by Crippen LogP contribution is 2.32. The molecule has 0 spiro atoms. The summed E-state index contributed by atoms with van der Waals surface area (Å²) in [7, 11) is 3.74. The van der Waals surface area contributed by atoms with E-state index < -0.39 is 29.4 Å². The lowest BCUT2D eigenvalue weighted by Gasteiger charge is -2.19. The van der Waals surface area contributed by atoms with Gasteiger partial charge in [-0.1, -0.05) is 12.1 Å². The highest BCUT2D eigenvalue weighted by Gasteiger charge is 2.36. The second-order valence-electron chi connectivity index (χ2n) is 6.54. The summed E-state index contributed by atoms with van der Waals surface area (Å²) in [5, 5.41) is 2.43. The van der Waals surface area contributed by atoms with Crippen LogP contribution < -0.4 is 5.32 Å². The van der Waals surface area contributed by atoms with E-state index in [0.717, 1.165) is 6.07 Å². The summed E-state index contributed by atoms with van der Waals surface area (Å²) >= 11 is 0. The third-order valence-electron chi connectivity index (χ3n) is 4.24. The van der Waals surface area contributed by atoms with E-state index in [9.17, 15) is 27.2 Å². The second-order valence-corrected chi connectivity index (χ2v) is 6.54. The molecule has 1 aliphatic rings. The number of nitrogens with one attached hydrogen (secondary N) is 1. The van der Waals surface area contributed by atoms with Gasteiger partial charge in [0.25, 0.3) is 0 Å². The van der Waals surface area contributed by atoms with Crippen LogP contribution in [-0.2, 0) is 22.3 Å². The molecule has 26 heavy (non-hydrogen) atoms. The predicted molar refractivity (Wildman–Crippen MR) is 86.5 cm³/mol. The van der Waals surface area contributed by atoms with E-state index in [0.29, 0.717) is 19.2 Å². The van der Waals surface area contributed by atoms with Crippen molar-refractivity contribution in [2.75, 3.05) is 33.7 Å². The largest absolute Gasteiger partial charge is 0.419 e. The summed E-state index contributed by atoms with van der Waals surface area (Å²) in [4.78, 5) is 27.6. The van der Waals surface area contributed by atoms with Crippen LogP contribution in [-0.4, -0.2) is 55.3 Å². The van der Waals surface area contributed by atoms with Gasteiger partial charge in [-0.25, -0.2) is 4.39 Å². The molecule has 1 aromatic rings. The summed E-state index contributed by atoms with van der Waals surface area (Å²) in [6.45, 7) is 1.05. The van der Waals surface area contributed by atoms with E-state index in [2.05, 4.69) is 5.32 Å². The lowest BCUT2D eigenvalue weighted by Crippen LogP contribution is -2.35. The number of carbonyl (C=O) groups excluding carboxylic acids is 2. The molecule has 1 atom stereocenters. The van der Waals surface area contributed by atoms with E-state index in [1.165, 1.54) is 6.07 Å². The van der Waals surface area contributed by atoms with Gasteiger partial charge in [0.05, 0.1) is 11.5 Å². The van der Waals surface area contributed by atoms with Gasteiger partial charge in [-0.05, 0) is 20.2 Å². The number of carbonyl (C=O) groups is 2. The molecule has 1 saturated heterocycles. The first-order chi connectivity index (χ1) is 12.1. The van der Waals surface area contributed by atoms with Gasteiger partial charge in [-0.3, -0.25) is 9.59 Å². The second kappa shape index (κ2) is 8.03. The van der Waals surface area contributed by atoms with Crippen molar-refractivity contribution < 1.29 is 27.2 Å². The topological polar surface area (TPSA) is 52.6 Å². The van der Waals surface area contributed by atoms with Gasteiger partial charge in [0.15, 0.2) is 0 Å². The number of likely N-dealkylation sites (tertiary alicyclic amines) is 1. The Hall–Kier alpha value is -2.16. The molecule has 0 aromatic heterocycles. The highest BCUT2D eigenvalue weighted by molar-refractivity contribution is 5.89. The normalized spacial score (nSPS) is 17.9. The Balaban J connectivity index is 1.95. The fourth-order valence-electron chi connectivity index (χ4n) is 2.75. The zero-order valence-electron chi connectivity index (χ0n) is 14.6. The summed E-state index contributed by atoms with van der Waals surface area (Å²) in [5.74, 6) is -2.59. The van der Waals surface area contributed by atoms with E-state index in [1.54, 1.807) is 4.90 Å². The summed E-state index contributed by atoms with van der Waals surface area (Å²) in [6, 6.07) is 2.93. The van der Waals surface area contributed by atoms with E-state index in [1.807, 2.05) is 19.0 Å². The van der Waals surface area contributed by atoms with Crippen molar-refractivity contribution in [2.45, 2.75) is 19.1 Å². The third kappa shape index (κ3) is 4.94. The van der Waals surface area contributed by atoms with Gasteiger partial charge in [0.2, 0.25) is 11.8 Å². The highest BCUT2D eigenvalue weighted by atomic mass is 19.4. The van der Waals surface area contributed by atoms with Gasteiger partial charge in [0.1, 0.15) is 5.82 Å². The maximum absolute atomic E-state index is 14.0. The quantitative estimate of drug-likeness (QED) is 0.773. The summed E-state index contributed by atoms with van der Waals surface area (Å²) in [6.07, 6.45) is -4.75. The van der Waals surface area contributed by atoms with Gasteiger partial charge in [0, 0.05) is 38.2 Å². The van der Waals surface area contributed by atoms with Crippen molar-refractivity contribution in [2.24, 2.45) is 5.92 Å². The maximum atomic E-state index is 14.0. The molecule has 0 saturated carbocycles. The fourth-order valence-corrected chi connectivity index (χ4v) is 2.75. The van der Waals surface area contributed by atoms with Crippen LogP contribution in [0, 0.1) is 11.7 Å². The van der Waals surface area contributed by atoms with Gasteiger partial charge < -0.3 is 15.1 Å². The summed E-state index contributed by atoms with van der Waals surface area (Å²) < 4.78 is 52.1. The molecule has 0 radical (unpaired) electrons. The number of benzene rings is 1. The fraction of sp³-hybridized carbons (Fsp3) is 0.529. The van der Waals surface area contributed by atoms with Crippen molar-refractivity contribution in [1.82, 2.24) is 15.1 Å². The molecule has 9 heteroatoms. The number of alkyl halides is 3. The number of likely N-dealkylation sites (N-methyl/N-ethyl adjacent to an activating group) is 1. The molecule has 1 N–H and O–H groups in total. The maximum Gasteiger partial charge on any atom is 0.419 e. The zero-order chi connectivity index (χ0) is 19.5. The number of nitrogens with zero attached hydrogens (tertiary/aromatic N) is 2. The molecule has 0 bridgehead atoms. The van der Waals surface area contributed by atoms with E-state index in [-0.39, 0.29) is 31.0 Å². The monoisotopic (exact) mass is 375 g/mol. The summed E-state index contributed by atoms with van der Waals surface area (Å²) in [5.41, 5.74) is -1.61. The van der Waals surface area contributed by atoms with Gasteiger partial charge in [-0.2, -0.15) is 13.2 Å². The Kier molecular flexibility index (Phi) is 6.22. The number of rotatable bonds is 6. The molecule has 1 aliphatic heterocycles. The van der Waals surface area contributed by atoms with Crippen LogP contribution in [0.4, 0.5) is 17.6 Å². The SMILES string of the molecule is CN(C)CCN1CC(C(=O)NCc2cccc(C(F)(F)F)c2F)CC1=O. The average Bonchev–Trinajstić information content (AvgIpc) is 2.91. The van der Waals surface area contributed by atoms with Crippen LogP contribution in [0.1, 0.15) is 17.5 Å². The van der Waals surface area contributed by atoms with Crippen molar-refractivity contribution in [3.8, 4) is 0 Å². The van der Waals surface area contributed by atoms with E-state index in [4.69, 9.17) is 0 Å². The molecular formula is C17H21F4N3O2. The van der Waals surface area contributed by atoms with Crippen LogP contribution in [0.5, 0.6) is 0 Å². The molecule has 144 valence electrons. The van der Waals surface area contributed by atoms with Crippen molar-refractivity contribution in [1.29, 1.82) is 0 Å². The molecule has 1 unspecified atom stereocenters. The molecule has 1 aromatic carbocycles.